The number of piperazine rings is 1. The van der Waals surface area contributed by atoms with Crippen molar-refractivity contribution in [3.8, 4) is 0 Å². The number of rotatable bonds is 12. The molecular weight excluding hydrogens is 292 g/mol. The van der Waals surface area contributed by atoms with Crippen LogP contribution in [0.5, 0.6) is 0 Å². The van der Waals surface area contributed by atoms with E-state index in [1.54, 1.807) is 7.11 Å². The van der Waals surface area contributed by atoms with Crippen molar-refractivity contribution in [3.63, 3.8) is 0 Å². The van der Waals surface area contributed by atoms with Crippen molar-refractivity contribution in [2.45, 2.75) is 0 Å². The van der Waals surface area contributed by atoms with Crippen LogP contribution >= 0.6 is 0 Å². The summed E-state index contributed by atoms with van der Waals surface area (Å²) in [6.07, 6.45) is -0.834. The summed E-state index contributed by atoms with van der Waals surface area (Å²) in [5.41, 5.74) is 0. The first kappa shape index (κ1) is 19.1. The van der Waals surface area contributed by atoms with Crippen LogP contribution in [0.3, 0.4) is 0 Å². The lowest BCUT2D eigenvalue weighted by atomic mass is 10.3. The molecule has 1 heterocycles. The second-order valence-corrected chi connectivity index (χ2v) is 4.94. The van der Waals surface area contributed by atoms with E-state index in [0.717, 1.165) is 19.6 Å². The van der Waals surface area contributed by atoms with Crippen LogP contribution in [0, 0.1) is 0 Å². The van der Waals surface area contributed by atoms with Crippen molar-refractivity contribution in [2.24, 2.45) is 0 Å². The van der Waals surface area contributed by atoms with Gasteiger partial charge in [-0.05, 0) is 0 Å². The first-order valence-corrected chi connectivity index (χ1v) is 7.66. The fraction of sp³-hybridized carbons (Fsp3) is 0.929. The number of methoxy groups -OCH3 is 1. The number of carbonyl (C=O) groups is 1. The highest BCUT2D eigenvalue weighted by atomic mass is 16.6. The summed E-state index contributed by atoms with van der Waals surface area (Å²) in [6.45, 7) is 7.58. The Bertz CT molecular complexity index is 285. The molecule has 130 valence electrons. The summed E-state index contributed by atoms with van der Waals surface area (Å²) < 4.78 is 21.0. The van der Waals surface area contributed by atoms with Crippen LogP contribution in [0.2, 0.25) is 0 Å². The van der Waals surface area contributed by atoms with E-state index in [4.69, 9.17) is 24.1 Å². The van der Waals surface area contributed by atoms with Gasteiger partial charge in [-0.3, -0.25) is 4.90 Å². The van der Waals surface area contributed by atoms with Crippen LogP contribution in [0.15, 0.2) is 0 Å². The van der Waals surface area contributed by atoms with Crippen LogP contribution in [0.25, 0.3) is 0 Å². The minimum absolute atomic E-state index is 0.556. The van der Waals surface area contributed by atoms with Gasteiger partial charge in [0.1, 0.15) is 0 Å². The van der Waals surface area contributed by atoms with Gasteiger partial charge in [0.05, 0.1) is 46.2 Å². The minimum atomic E-state index is -0.834. The molecule has 1 N–H and O–H groups in total. The van der Waals surface area contributed by atoms with E-state index < -0.39 is 6.09 Å². The van der Waals surface area contributed by atoms with Crippen molar-refractivity contribution in [2.75, 3.05) is 86.1 Å². The Labute approximate surface area is 131 Å². The number of hydrogen-bond donors (Lipinski definition) is 1. The first-order valence-electron chi connectivity index (χ1n) is 7.66. The Hall–Kier alpha value is -0.930. The normalized spacial score (nSPS) is 16.1. The first-order chi connectivity index (χ1) is 10.7. The van der Waals surface area contributed by atoms with Crippen LogP contribution in [0.4, 0.5) is 4.79 Å². The molecule has 0 unspecified atom stereocenters. The molecule has 0 saturated carbocycles. The maximum Gasteiger partial charge on any atom is 0.407 e. The topological polar surface area (TPSA) is 80.7 Å². The molecule has 1 rings (SSSR count). The highest BCUT2D eigenvalue weighted by Gasteiger charge is 2.19. The summed E-state index contributed by atoms with van der Waals surface area (Å²) in [7, 11) is 1.64. The molecule has 0 aromatic carbocycles. The molecule has 1 saturated heterocycles. The molecule has 8 nitrogen and oxygen atoms in total. The molecule has 0 aromatic heterocycles. The quantitative estimate of drug-likeness (QED) is 0.506. The van der Waals surface area contributed by atoms with E-state index in [0.29, 0.717) is 59.3 Å². The van der Waals surface area contributed by atoms with Gasteiger partial charge < -0.3 is 29.0 Å². The third kappa shape index (κ3) is 9.16. The number of ether oxygens (including phenoxy) is 4. The molecule has 0 radical (unpaired) electrons. The van der Waals surface area contributed by atoms with Gasteiger partial charge in [0, 0.05) is 39.8 Å². The predicted octanol–water partition coefficient (Wildman–Crippen LogP) is -0.0218. The molecule has 8 heteroatoms. The maximum absolute atomic E-state index is 10.8. The maximum atomic E-state index is 10.8. The summed E-state index contributed by atoms with van der Waals surface area (Å²) in [6, 6.07) is 0. The molecule has 1 aliphatic rings. The van der Waals surface area contributed by atoms with E-state index in [1.165, 1.54) is 4.90 Å². The lowest BCUT2D eigenvalue weighted by Gasteiger charge is -2.32. The summed E-state index contributed by atoms with van der Waals surface area (Å²) in [5, 5.41) is 8.86. The van der Waals surface area contributed by atoms with E-state index in [2.05, 4.69) is 4.90 Å². The molecule has 22 heavy (non-hydrogen) atoms. The van der Waals surface area contributed by atoms with Gasteiger partial charge in [0.2, 0.25) is 0 Å². The Morgan fingerprint density at radius 2 is 1.36 bits per heavy atom. The summed E-state index contributed by atoms with van der Waals surface area (Å²) in [4.78, 5) is 14.4. The summed E-state index contributed by atoms with van der Waals surface area (Å²) in [5.74, 6) is 0. The second-order valence-electron chi connectivity index (χ2n) is 4.94. The average molecular weight is 320 g/mol. The van der Waals surface area contributed by atoms with Gasteiger partial charge in [0.25, 0.3) is 0 Å². The van der Waals surface area contributed by atoms with Crippen molar-refractivity contribution in [3.05, 3.63) is 0 Å². The third-order valence-corrected chi connectivity index (χ3v) is 3.37. The third-order valence-electron chi connectivity index (χ3n) is 3.37. The van der Waals surface area contributed by atoms with Crippen LogP contribution in [-0.4, -0.2) is 107 Å². The van der Waals surface area contributed by atoms with E-state index >= 15 is 0 Å². The molecule has 0 spiro atoms. The molecule has 1 amide bonds. The molecule has 0 atom stereocenters. The van der Waals surface area contributed by atoms with Crippen molar-refractivity contribution in [1.82, 2.24) is 9.80 Å². The smallest absolute Gasteiger partial charge is 0.407 e. The molecule has 0 aliphatic carbocycles. The Balaban J connectivity index is 1.81. The van der Waals surface area contributed by atoms with Crippen LogP contribution in [-0.2, 0) is 18.9 Å². The monoisotopic (exact) mass is 320 g/mol. The van der Waals surface area contributed by atoms with Gasteiger partial charge >= 0.3 is 6.09 Å². The zero-order valence-corrected chi connectivity index (χ0v) is 13.4. The van der Waals surface area contributed by atoms with Gasteiger partial charge in [-0.15, -0.1) is 0 Å². The number of hydrogen-bond acceptors (Lipinski definition) is 6. The van der Waals surface area contributed by atoms with Crippen LogP contribution in [0.1, 0.15) is 0 Å². The second kappa shape index (κ2) is 12.6. The molecular formula is C14H28N2O6. The van der Waals surface area contributed by atoms with E-state index in [9.17, 15) is 4.79 Å². The highest BCUT2D eigenvalue weighted by molar-refractivity contribution is 5.65. The van der Waals surface area contributed by atoms with Crippen molar-refractivity contribution in [1.29, 1.82) is 0 Å². The van der Waals surface area contributed by atoms with Crippen LogP contribution < -0.4 is 0 Å². The average Bonchev–Trinajstić information content (AvgIpc) is 2.53. The largest absolute Gasteiger partial charge is 0.465 e. The number of carboxylic acid groups (broad SMARTS) is 1. The fourth-order valence-corrected chi connectivity index (χ4v) is 2.04. The molecule has 0 aromatic rings. The standard InChI is InChI=1S/C14H28N2O6/c1-19-8-9-21-12-13-22-11-10-20-7-6-15-2-4-16(5-3-15)14(17)18/h2-13H2,1H3,(H,17,18). The van der Waals surface area contributed by atoms with Crippen molar-refractivity contribution < 1.29 is 28.8 Å². The van der Waals surface area contributed by atoms with E-state index in [1.807, 2.05) is 0 Å². The zero-order valence-electron chi connectivity index (χ0n) is 13.4. The lowest BCUT2D eigenvalue weighted by Crippen LogP contribution is -2.49. The summed E-state index contributed by atoms with van der Waals surface area (Å²) >= 11 is 0. The lowest BCUT2D eigenvalue weighted by molar-refractivity contribution is -0.000429. The zero-order chi connectivity index (χ0) is 16.0. The predicted molar refractivity (Wildman–Crippen MR) is 80.4 cm³/mol. The molecule has 0 bridgehead atoms. The molecule has 1 aliphatic heterocycles. The Morgan fingerprint density at radius 1 is 0.864 bits per heavy atom. The number of nitrogens with zero attached hydrogens (tertiary/aromatic N) is 2. The van der Waals surface area contributed by atoms with Gasteiger partial charge in [0.15, 0.2) is 0 Å². The Kier molecular flexibility index (Phi) is 10.9. The molecule has 1 fully saturated rings. The van der Waals surface area contributed by atoms with Gasteiger partial charge in [-0.2, -0.15) is 0 Å². The Morgan fingerprint density at radius 3 is 1.86 bits per heavy atom. The number of amides is 1. The van der Waals surface area contributed by atoms with E-state index in [-0.39, 0.29) is 0 Å². The van der Waals surface area contributed by atoms with Gasteiger partial charge in [-0.25, -0.2) is 4.79 Å². The fourth-order valence-electron chi connectivity index (χ4n) is 2.04. The SMILES string of the molecule is COCCOCCOCCOCCN1CCN(C(=O)O)CC1. The highest BCUT2D eigenvalue weighted by Crippen LogP contribution is 2.01. The van der Waals surface area contributed by atoms with Gasteiger partial charge in [-0.1, -0.05) is 0 Å². The minimum Gasteiger partial charge on any atom is -0.465 e. The van der Waals surface area contributed by atoms with Crippen molar-refractivity contribution >= 4 is 6.09 Å².